The van der Waals surface area contributed by atoms with Crippen molar-refractivity contribution in [1.82, 2.24) is 4.90 Å². The van der Waals surface area contributed by atoms with Crippen LogP contribution in [0.1, 0.15) is 68.2 Å². The maximum atomic E-state index is 6.50. The highest BCUT2D eigenvalue weighted by molar-refractivity contribution is 7.12. The normalized spacial score (nSPS) is 23.7. The molecule has 0 bridgehead atoms. The molecule has 3 unspecified atom stereocenters. The third kappa shape index (κ3) is 4.54. The zero-order chi connectivity index (χ0) is 15.2. The van der Waals surface area contributed by atoms with Gasteiger partial charge in [-0.2, -0.15) is 0 Å². The Balaban J connectivity index is 2.10. The first-order valence-corrected chi connectivity index (χ1v) is 9.53. The van der Waals surface area contributed by atoms with Crippen molar-refractivity contribution in [3.63, 3.8) is 0 Å². The Morgan fingerprint density at radius 1 is 1.29 bits per heavy atom. The third-order valence-electron chi connectivity index (χ3n) is 4.90. The summed E-state index contributed by atoms with van der Waals surface area (Å²) in [5, 5.41) is 0. The van der Waals surface area contributed by atoms with Crippen LogP contribution >= 0.6 is 11.3 Å². The van der Waals surface area contributed by atoms with Crippen LogP contribution in [0.5, 0.6) is 0 Å². The molecular formula is C18H32N2S. The fraction of sp³-hybridized carbons (Fsp3) is 0.778. The van der Waals surface area contributed by atoms with Gasteiger partial charge in [-0.3, -0.25) is 4.90 Å². The van der Waals surface area contributed by atoms with Gasteiger partial charge in [0.05, 0.1) is 6.04 Å². The molecule has 0 aromatic carbocycles. The highest BCUT2D eigenvalue weighted by atomic mass is 32.1. The molecule has 1 aromatic heterocycles. The summed E-state index contributed by atoms with van der Waals surface area (Å²) in [5.74, 6) is 0.934. The number of aryl methyl sites for hydroxylation is 1. The first-order chi connectivity index (χ1) is 10.2. The van der Waals surface area contributed by atoms with E-state index in [1.807, 2.05) is 11.3 Å². The van der Waals surface area contributed by atoms with Crippen molar-refractivity contribution in [1.29, 1.82) is 0 Å². The first kappa shape index (κ1) is 17.0. The Morgan fingerprint density at radius 3 is 2.71 bits per heavy atom. The predicted octanol–water partition coefficient (Wildman–Crippen LogP) is 4.74. The number of likely N-dealkylation sites (tertiary alicyclic amines) is 1. The Morgan fingerprint density at radius 2 is 2.10 bits per heavy atom. The van der Waals surface area contributed by atoms with Gasteiger partial charge in [0.15, 0.2) is 0 Å². The second-order valence-electron chi connectivity index (χ2n) is 6.59. The van der Waals surface area contributed by atoms with Crippen LogP contribution in [0.15, 0.2) is 12.1 Å². The molecule has 1 saturated heterocycles. The van der Waals surface area contributed by atoms with E-state index in [2.05, 4.69) is 37.8 Å². The monoisotopic (exact) mass is 308 g/mol. The molecule has 1 fully saturated rings. The number of hydrogen-bond donors (Lipinski definition) is 1. The van der Waals surface area contributed by atoms with Crippen LogP contribution in [-0.4, -0.2) is 24.0 Å². The van der Waals surface area contributed by atoms with Crippen molar-refractivity contribution in [2.45, 2.75) is 71.4 Å². The van der Waals surface area contributed by atoms with Crippen molar-refractivity contribution < 1.29 is 0 Å². The zero-order valence-corrected chi connectivity index (χ0v) is 14.8. The van der Waals surface area contributed by atoms with Gasteiger partial charge >= 0.3 is 0 Å². The zero-order valence-electron chi connectivity index (χ0n) is 14.0. The predicted molar refractivity (Wildman–Crippen MR) is 93.9 cm³/mol. The SMILES string of the molecule is CCCC1CCCN(C(c2ccc(C)s2)C(N)CC)CC1. The molecule has 21 heavy (non-hydrogen) atoms. The fourth-order valence-corrected chi connectivity index (χ4v) is 4.75. The average Bonchev–Trinajstić information content (AvgIpc) is 2.76. The lowest BCUT2D eigenvalue weighted by atomic mass is 9.96. The van der Waals surface area contributed by atoms with E-state index < -0.39 is 0 Å². The molecule has 2 rings (SSSR count). The van der Waals surface area contributed by atoms with Crippen LogP contribution in [-0.2, 0) is 0 Å². The van der Waals surface area contributed by atoms with E-state index in [4.69, 9.17) is 5.73 Å². The maximum absolute atomic E-state index is 6.50. The molecular weight excluding hydrogens is 276 g/mol. The molecule has 2 heterocycles. The van der Waals surface area contributed by atoms with Crippen LogP contribution in [0.4, 0.5) is 0 Å². The van der Waals surface area contributed by atoms with Gasteiger partial charge < -0.3 is 5.73 Å². The lowest BCUT2D eigenvalue weighted by Gasteiger charge is -2.34. The number of thiophene rings is 1. The van der Waals surface area contributed by atoms with Crippen LogP contribution in [0.25, 0.3) is 0 Å². The molecule has 3 atom stereocenters. The largest absolute Gasteiger partial charge is 0.326 e. The molecule has 3 heteroatoms. The van der Waals surface area contributed by atoms with Gasteiger partial charge in [0.2, 0.25) is 0 Å². The number of nitrogens with two attached hydrogens (primary N) is 1. The van der Waals surface area contributed by atoms with E-state index in [1.165, 1.54) is 54.9 Å². The molecule has 0 aliphatic carbocycles. The third-order valence-corrected chi connectivity index (χ3v) is 5.97. The lowest BCUT2D eigenvalue weighted by molar-refractivity contribution is 0.176. The van der Waals surface area contributed by atoms with E-state index in [9.17, 15) is 0 Å². The van der Waals surface area contributed by atoms with Gasteiger partial charge in [0.25, 0.3) is 0 Å². The molecule has 2 N–H and O–H groups in total. The minimum Gasteiger partial charge on any atom is -0.326 e. The summed E-state index contributed by atoms with van der Waals surface area (Å²) in [4.78, 5) is 5.54. The Kier molecular flexibility index (Phi) is 6.72. The summed E-state index contributed by atoms with van der Waals surface area (Å²) >= 11 is 1.93. The molecule has 0 spiro atoms. The van der Waals surface area contributed by atoms with E-state index in [1.54, 1.807) is 0 Å². The molecule has 0 amide bonds. The molecule has 2 nitrogen and oxygen atoms in total. The summed E-state index contributed by atoms with van der Waals surface area (Å²) in [7, 11) is 0. The topological polar surface area (TPSA) is 29.3 Å². The smallest absolute Gasteiger partial charge is 0.0593 e. The van der Waals surface area contributed by atoms with Gasteiger partial charge in [0, 0.05) is 15.8 Å². The summed E-state index contributed by atoms with van der Waals surface area (Å²) < 4.78 is 0. The second kappa shape index (κ2) is 8.30. The van der Waals surface area contributed by atoms with Crippen molar-refractivity contribution in [2.24, 2.45) is 11.7 Å². The van der Waals surface area contributed by atoms with Crippen LogP contribution < -0.4 is 5.73 Å². The first-order valence-electron chi connectivity index (χ1n) is 8.71. The molecule has 1 aliphatic rings. The Bertz CT molecular complexity index is 415. The maximum Gasteiger partial charge on any atom is 0.0593 e. The highest BCUT2D eigenvalue weighted by Crippen LogP contribution is 2.33. The average molecular weight is 309 g/mol. The van der Waals surface area contributed by atoms with E-state index in [0.29, 0.717) is 6.04 Å². The van der Waals surface area contributed by atoms with Gasteiger partial charge in [-0.1, -0.05) is 26.7 Å². The molecule has 1 aromatic rings. The van der Waals surface area contributed by atoms with Crippen molar-refractivity contribution in [3.05, 3.63) is 21.9 Å². The summed E-state index contributed by atoms with van der Waals surface area (Å²) in [5.41, 5.74) is 6.50. The van der Waals surface area contributed by atoms with Crippen LogP contribution in [0, 0.1) is 12.8 Å². The van der Waals surface area contributed by atoms with Crippen LogP contribution in [0.2, 0.25) is 0 Å². The summed E-state index contributed by atoms with van der Waals surface area (Å²) in [6.07, 6.45) is 7.87. The number of nitrogens with zero attached hydrogens (tertiary/aromatic N) is 1. The number of hydrogen-bond acceptors (Lipinski definition) is 3. The minimum atomic E-state index is 0.255. The Hall–Kier alpha value is -0.380. The minimum absolute atomic E-state index is 0.255. The standard InChI is InChI=1S/C18H32N2S/c1-4-7-15-8-6-12-20(13-11-15)18(16(19)5-2)17-10-9-14(3)21-17/h9-10,15-16,18H,4-8,11-13,19H2,1-3H3. The van der Waals surface area contributed by atoms with Gasteiger partial charge in [-0.25, -0.2) is 0 Å². The van der Waals surface area contributed by atoms with Gasteiger partial charge in [-0.15, -0.1) is 11.3 Å². The van der Waals surface area contributed by atoms with E-state index >= 15 is 0 Å². The summed E-state index contributed by atoms with van der Waals surface area (Å²) in [6.45, 7) is 9.17. The molecule has 120 valence electrons. The van der Waals surface area contributed by atoms with Crippen molar-refractivity contribution in [2.75, 3.05) is 13.1 Å². The highest BCUT2D eigenvalue weighted by Gasteiger charge is 2.28. The van der Waals surface area contributed by atoms with E-state index in [0.717, 1.165) is 12.3 Å². The molecule has 0 saturated carbocycles. The summed E-state index contributed by atoms with van der Waals surface area (Å²) in [6, 6.07) is 5.22. The van der Waals surface area contributed by atoms with Gasteiger partial charge in [0.1, 0.15) is 0 Å². The Labute approximate surface area is 134 Å². The van der Waals surface area contributed by atoms with Crippen molar-refractivity contribution in [3.8, 4) is 0 Å². The quantitative estimate of drug-likeness (QED) is 0.822. The fourth-order valence-electron chi connectivity index (χ4n) is 3.66. The molecule has 0 radical (unpaired) electrons. The molecule has 1 aliphatic heterocycles. The van der Waals surface area contributed by atoms with Gasteiger partial charge in [-0.05, 0) is 63.7 Å². The number of rotatable bonds is 6. The van der Waals surface area contributed by atoms with E-state index in [-0.39, 0.29) is 6.04 Å². The van der Waals surface area contributed by atoms with Crippen molar-refractivity contribution >= 4 is 11.3 Å². The lowest BCUT2D eigenvalue weighted by Crippen LogP contribution is -2.41. The second-order valence-corrected chi connectivity index (χ2v) is 7.91. The van der Waals surface area contributed by atoms with Crippen LogP contribution in [0.3, 0.4) is 0 Å².